The molecule has 5 heteroatoms. The Hall–Kier alpha value is -3.34. The summed E-state index contributed by atoms with van der Waals surface area (Å²) in [6, 6.07) is 12.8. The van der Waals surface area contributed by atoms with Gasteiger partial charge in [0, 0.05) is 23.6 Å². The lowest BCUT2D eigenvalue weighted by Gasteiger charge is -2.21. The Morgan fingerprint density at radius 2 is 2.00 bits per heavy atom. The van der Waals surface area contributed by atoms with Crippen LogP contribution in [-0.2, 0) is 11.2 Å². The van der Waals surface area contributed by atoms with Gasteiger partial charge >= 0.3 is 0 Å². The smallest absolute Gasteiger partial charge is 0.149 e. The summed E-state index contributed by atoms with van der Waals surface area (Å²) in [6.45, 7) is 1.72. The molecule has 0 amide bonds. The number of benzene rings is 2. The molecule has 2 aromatic heterocycles. The highest BCUT2D eigenvalue weighted by Gasteiger charge is 2.31. The van der Waals surface area contributed by atoms with Crippen LogP contribution in [0.4, 0.5) is 4.39 Å². The Labute approximate surface area is 155 Å². The second kappa shape index (κ2) is 5.84. The fourth-order valence-electron chi connectivity index (χ4n) is 3.94. The van der Waals surface area contributed by atoms with Crippen LogP contribution in [0.3, 0.4) is 0 Å². The number of hydrogen-bond donors (Lipinski definition) is 1. The van der Waals surface area contributed by atoms with Crippen molar-refractivity contribution in [3.8, 4) is 11.3 Å². The Morgan fingerprint density at radius 1 is 1.15 bits per heavy atom. The van der Waals surface area contributed by atoms with E-state index >= 15 is 0 Å². The molecule has 1 aliphatic rings. The molecule has 5 rings (SSSR count). The van der Waals surface area contributed by atoms with Gasteiger partial charge in [0.2, 0.25) is 0 Å². The zero-order valence-corrected chi connectivity index (χ0v) is 14.7. The van der Waals surface area contributed by atoms with Crippen molar-refractivity contribution in [3.63, 3.8) is 0 Å². The van der Waals surface area contributed by atoms with E-state index in [1.807, 2.05) is 30.3 Å². The predicted molar refractivity (Wildman–Crippen MR) is 101 cm³/mol. The highest BCUT2D eigenvalue weighted by molar-refractivity contribution is 6.03. The van der Waals surface area contributed by atoms with Crippen LogP contribution in [0.5, 0.6) is 0 Å². The van der Waals surface area contributed by atoms with E-state index in [4.69, 9.17) is 0 Å². The Kier molecular flexibility index (Phi) is 3.44. The average Bonchev–Trinajstić information content (AvgIpc) is 3.08. The monoisotopic (exact) mass is 357 g/mol. The molecule has 0 aliphatic heterocycles. The first-order chi connectivity index (χ1) is 13.1. The molecule has 0 saturated carbocycles. The van der Waals surface area contributed by atoms with E-state index < -0.39 is 5.92 Å². The van der Waals surface area contributed by atoms with Gasteiger partial charge in [-0.25, -0.2) is 14.4 Å². The van der Waals surface area contributed by atoms with Crippen LogP contribution >= 0.6 is 0 Å². The number of rotatable bonds is 1. The van der Waals surface area contributed by atoms with Gasteiger partial charge in [0.1, 0.15) is 23.6 Å². The number of carbonyl (C=O) groups excluding carboxylic acids is 1. The van der Waals surface area contributed by atoms with Gasteiger partial charge in [-0.2, -0.15) is 0 Å². The van der Waals surface area contributed by atoms with Crippen molar-refractivity contribution >= 4 is 16.8 Å². The number of aryl methyl sites for hydroxylation is 1. The van der Waals surface area contributed by atoms with Crippen molar-refractivity contribution in [2.45, 2.75) is 19.3 Å². The summed E-state index contributed by atoms with van der Waals surface area (Å²) >= 11 is 0. The highest BCUT2D eigenvalue weighted by atomic mass is 19.1. The number of H-pyrrole nitrogens is 1. The van der Waals surface area contributed by atoms with Crippen molar-refractivity contribution in [1.82, 2.24) is 15.0 Å². The van der Waals surface area contributed by atoms with Crippen LogP contribution in [0.15, 0.2) is 55.0 Å². The van der Waals surface area contributed by atoms with Crippen molar-refractivity contribution in [2.24, 2.45) is 0 Å². The molecule has 0 bridgehead atoms. The average molecular weight is 357 g/mol. The SMILES string of the molecule is Cc1ccc(C2C(=O)Cc3ccccc3-c3ncnc4[nH]cc2c34)cc1F. The molecule has 1 unspecified atom stereocenters. The number of aromatic nitrogens is 3. The molecule has 4 aromatic rings. The Morgan fingerprint density at radius 3 is 2.85 bits per heavy atom. The highest BCUT2D eigenvalue weighted by Crippen LogP contribution is 2.40. The molecule has 27 heavy (non-hydrogen) atoms. The lowest BCUT2D eigenvalue weighted by atomic mass is 9.81. The number of nitrogens with one attached hydrogen (secondary N) is 1. The predicted octanol–water partition coefficient (Wildman–Crippen LogP) is 4.33. The number of hydrogen-bond acceptors (Lipinski definition) is 3. The summed E-state index contributed by atoms with van der Waals surface area (Å²) < 4.78 is 14.3. The van der Waals surface area contributed by atoms with E-state index in [1.165, 1.54) is 12.4 Å². The van der Waals surface area contributed by atoms with Gasteiger partial charge in [-0.3, -0.25) is 4.79 Å². The van der Waals surface area contributed by atoms with Crippen LogP contribution in [-0.4, -0.2) is 20.7 Å². The number of nitrogens with zero attached hydrogens (tertiary/aromatic N) is 2. The molecule has 0 radical (unpaired) electrons. The molecule has 132 valence electrons. The fraction of sp³-hybridized carbons (Fsp3) is 0.136. The number of Topliss-reactive ketones (excluding diaryl/α,β-unsaturated/α-hetero) is 1. The second-order valence-electron chi connectivity index (χ2n) is 6.93. The van der Waals surface area contributed by atoms with Gasteiger partial charge in [-0.05, 0) is 35.2 Å². The molecule has 2 aromatic carbocycles. The summed E-state index contributed by atoms with van der Waals surface area (Å²) in [6.07, 6.45) is 3.60. The number of carbonyl (C=O) groups is 1. The molecule has 0 fully saturated rings. The maximum atomic E-state index is 14.3. The molecule has 1 atom stereocenters. The third-order valence-electron chi connectivity index (χ3n) is 5.30. The van der Waals surface area contributed by atoms with Gasteiger partial charge < -0.3 is 4.98 Å². The number of ketones is 1. The molecule has 0 saturated heterocycles. The van der Waals surface area contributed by atoms with Crippen LogP contribution in [0.2, 0.25) is 0 Å². The van der Waals surface area contributed by atoms with Crippen LogP contribution in [0, 0.1) is 12.7 Å². The number of aromatic amines is 1. The molecular formula is C22H16FN3O. The summed E-state index contributed by atoms with van der Waals surface area (Å²) in [5.41, 5.74) is 5.35. The minimum Gasteiger partial charge on any atom is -0.346 e. The number of fused-ring (bicyclic) bond motifs is 2. The first-order valence-electron chi connectivity index (χ1n) is 8.82. The molecule has 2 heterocycles. The molecule has 4 nitrogen and oxygen atoms in total. The van der Waals surface area contributed by atoms with Crippen LogP contribution in [0.1, 0.15) is 28.2 Å². The van der Waals surface area contributed by atoms with E-state index in [9.17, 15) is 9.18 Å². The first kappa shape index (κ1) is 15.9. The van der Waals surface area contributed by atoms with Crippen LogP contribution in [0.25, 0.3) is 22.3 Å². The first-order valence-corrected chi connectivity index (χ1v) is 8.82. The second-order valence-corrected chi connectivity index (χ2v) is 6.93. The maximum absolute atomic E-state index is 14.3. The third-order valence-corrected chi connectivity index (χ3v) is 5.30. The van der Waals surface area contributed by atoms with Gasteiger partial charge in [0.25, 0.3) is 0 Å². The molecular weight excluding hydrogens is 341 g/mol. The minimum atomic E-state index is -0.563. The van der Waals surface area contributed by atoms with Crippen molar-refractivity contribution in [1.29, 1.82) is 0 Å². The minimum absolute atomic E-state index is 0.0288. The third kappa shape index (κ3) is 2.39. The van der Waals surface area contributed by atoms with E-state index in [0.29, 0.717) is 16.8 Å². The lowest BCUT2D eigenvalue weighted by molar-refractivity contribution is -0.119. The zero-order chi connectivity index (χ0) is 18.5. The summed E-state index contributed by atoms with van der Waals surface area (Å²) in [5.74, 6) is -0.841. The van der Waals surface area contributed by atoms with E-state index in [1.54, 1.807) is 19.2 Å². The van der Waals surface area contributed by atoms with Gasteiger partial charge in [-0.15, -0.1) is 0 Å². The quantitative estimate of drug-likeness (QED) is 0.552. The van der Waals surface area contributed by atoms with Crippen LogP contribution < -0.4 is 0 Å². The molecule has 1 aliphatic carbocycles. The normalized spacial score (nSPS) is 16.1. The Balaban J connectivity index is 1.84. The lowest BCUT2D eigenvalue weighted by Crippen LogP contribution is -2.19. The Bertz CT molecular complexity index is 1210. The van der Waals surface area contributed by atoms with Gasteiger partial charge in [-0.1, -0.05) is 36.4 Å². The fourth-order valence-corrected chi connectivity index (χ4v) is 3.94. The zero-order valence-electron chi connectivity index (χ0n) is 14.7. The topological polar surface area (TPSA) is 58.6 Å². The van der Waals surface area contributed by atoms with Crippen molar-refractivity contribution < 1.29 is 9.18 Å². The molecule has 0 spiro atoms. The van der Waals surface area contributed by atoms with Gasteiger partial charge in [0.05, 0.1) is 11.6 Å². The number of halogens is 1. The van der Waals surface area contributed by atoms with E-state index in [0.717, 1.165) is 27.8 Å². The van der Waals surface area contributed by atoms with Crippen molar-refractivity contribution in [3.05, 3.63) is 83.1 Å². The summed E-state index contributed by atoms with van der Waals surface area (Å²) in [7, 11) is 0. The standard InChI is InChI=1S/C22H16FN3O/c1-12-6-7-14(8-17(12)23)19-16-10-24-22-20(16)21(25-11-26-22)15-5-3-2-4-13(15)9-18(19)27/h2-8,10-11,19H,9H2,1H3,(H,24,25,26). The summed E-state index contributed by atoms with van der Waals surface area (Å²) in [5, 5.41) is 0.823. The molecule has 1 N–H and O–H groups in total. The van der Waals surface area contributed by atoms with E-state index in [2.05, 4.69) is 15.0 Å². The largest absolute Gasteiger partial charge is 0.346 e. The van der Waals surface area contributed by atoms with E-state index in [-0.39, 0.29) is 18.0 Å². The summed E-state index contributed by atoms with van der Waals surface area (Å²) in [4.78, 5) is 25.3. The maximum Gasteiger partial charge on any atom is 0.149 e. The van der Waals surface area contributed by atoms with Crippen molar-refractivity contribution in [2.75, 3.05) is 0 Å². The van der Waals surface area contributed by atoms with Gasteiger partial charge in [0.15, 0.2) is 0 Å².